The maximum atomic E-state index is 13.5. The lowest BCUT2D eigenvalue weighted by Crippen LogP contribution is -2.61. The Morgan fingerprint density at radius 2 is 1.62 bits per heavy atom. The lowest BCUT2D eigenvalue weighted by atomic mass is 9.88. The molecule has 5 amide bonds. The van der Waals surface area contributed by atoms with Gasteiger partial charge in [-0.1, -0.05) is 13.2 Å². The van der Waals surface area contributed by atoms with Crippen LogP contribution in [0, 0.1) is 10.9 Å². The van der Waals surface area contributed by atoms with Crippen LogP contribution in [-0.4, -0.2) is 81.7 Å². The Balaban J connectivity index is 5.69. The Hall–Kier alpha value is -4.58. The molecule has 0 spiro atoms. The zero-order chi connectivity index (χ0) is 33.0. The fourth-order valence-electron chi connectivity index (χ4n) is 3.15. The summed E-state index contributed by atoms with van der Waals surface area (Å²) in [5, 5.41) is 34.1. The molecule has 0 heterocycles. The fourth-order valence-corrected chi connectivity index (χ4v) is 3.15. The number of ketones is 1. The van der Waals surface area contributed by atoms with Gasteiger partial charge >= 0.3 is 0 Å². The molecule has 0 bridgehead atoms. The zero-order valence-electron chi connectivity index (χ0n) is 24.0. The van der Waals surface area contributed by atoms with Crippen LogP contribution in [0.2, 0.25) is 0 Å². The van der Waals surface area contributed by atoms with Crippen molar-refractivity contribution in [3.05, 3.63) is 24.6 Å². The second-order valence-corrected chi connectivity index (χ2v) is 10.0. The summed E-state index contributed by atoms with van der Waals surface area (Å²) in [4.78, 5) is 75.0. The standard InChI is InChI=1S/C24H38FN9O8/c1-11(12(2)25)9-24(7,14(4)36)31-20(39)18(13(3)35)30-17(37)10-28-19(38)15(8-16(32-26)33-27)29-21(40)23(5,6)22(41)34-42/h13,15,18,26,35,42H,1-2,8-10,27H2,3-7H3,(H,28,38)(H,29,40)(H,30,37)(H,31,39)(H,34,41)/b32-26?,33-16-/t13-,15+,18+,24+/m1/s1. The van der Waals surface area contributed by atoms with Gasteiger partial charge in [-0.05, 0) is 40.2 Å². The van der Waals surface area contributed by atoms with Gasteiger partial charge in [0.05, 0.1) is 18.2 Å². The normalized spacial score (nSPS) is 15.0. The summed E-state index contributed by atoms with van der Waals surface area (Å²) in [7, 11) is 0. The van der Waals surface area contributed by atoms with E-state index in [9.17, 15) is 38.3 Å². The van der Waals surface area contributed by atoms with Gasteiger partial charge in [0.15, 0.2) is 11.6 Å². The summed E-state index contributed by atoms with van der Waals surface area (Å²) in [6.45, 7) is 11.7. The number of aliphatic hydroxyl groups is 1. The third-order valence-corrected chi connectivity index (χ3v) is 6.15. The van der Waals surface area contributed by atoms with E-state index in [1.54, 1.807) is 0 Å². The molecule has 0 unspecified atom stereocenters. The average molecular weight is 600 g/mol. The van der Waals surface area contributed by atoms with Crippen LogP contribution in [-0.2, 0) is 28.8 Å². The summed E-state index contributed by atoms with van der Waals surface area (Å²) in [5.41, 5.74) is 4.71. The van der Waals surface area contributed by atoms with Crippen molar-refractivity contribution in [3.63, 3.8) is 0 Å². The number of carbonyl (C=O) groups is 6. The van der Waals surface area contributed by atoms with E-state index in [-0.39, 0.29) is 17.8 Å². The van der Waals surface area contributed by atoms with Crippen molar-refractivity contribution >= 4 is 41.2 Å². The number of nitrogens with one attached hydrogen (secondary N) is 6. The number of aliphatic hydroxyl groups excluding tert-OH is 1. The highest BCUT2D eigenvalue weighted by Gasteiger charge is 2.39. The van der Waals surface area contributed by atoms with Crippen molar-refractivity contribution < 1.29 is 43.5 Å². The van der Waals surface area contributed by atoms with Gasteiger partial charge in [-0.2, -0.15) is 5.10 Å². The van der Waals surface area contributed by atoms with Gasteiger partial charge in [0.1, 0.15) is 23.3 Å². The minimum Gasteiger partial charge on any atom is -0.391 e. The molecule has 0 aromatic rings. The first-order chi connectivity index (χ1) is 19.3. The molecule has 0 aromatic heterocycles. The zero-order valence-corrected chi connectivity index (χ0v) is 24.0. The number of carbonyl (C=O) groups excluding carboxylic acids is 6. The van der Waals surface area contributed by atoms with Crippen molar-refractivity contribution in [1.82, 2.24) is 26.7 Å². The Bertz CT molecular complexity index is 1150. The fraction of sp³-hybridized carbons (Fsp3) is 0.542. The molecule has 0 aliphatic carbocycles. The first-order valence-corrected chi connectivity index (χ1v) is 12.3. The third-order valence-electron chi connectivity index (χ3n) is 6.15. The molecule has 4 atom stereocenters. The van der Waals surface area contributed by atoms with Crippen LogP contribution in [0.3, 0.4) is 0 Å². The number of hydrazone groups is 1. The molecular formula is C24H38FN9O8. The number of amides is 5. The SMILES string of the molecule is C=C(F)C(=C)C[C@](C)(NC(=O)[C@@H](NC(=O)CNC(=O)[C@H](C/C(N=N)=N/N)NC(=O)C(C)(C)C(=O)NO)[C@@H](C)O)C(C)=O. The lowest BCUT2D eigenvalue weighted by molar-refractivity contribution is -0.148. The smallest absolute Gasteiger partial charge is 0.258 e. The van der Waals surface area contributed by atoms with Gasteiger partial charge in [-0.3, -0.25) is 34.0 Å². The Labute approximate surface area is 241 Å². The maximum absolute atomic E-state index is 13.5. The number of nitrogens with two attached hydrogens (primary N) is 1. The number of amidine groups is 1. The largest absolute Gasteiger partial charge is 0.391 e. The van der Waals surface area contributed by atoms with Crippen molar-refractivity contribution in [3.8, 4) is 0 Å². The van der Waals surface area contributed by atoms with E-state index in [1.165, 1.54) is 19.3 Å². The average Bonchev–Trinajstić information content (AvgIpc) is 2.91. The molecular weight excluding hydrogens is 561 g/mol. The number of nitrogens with zero attached hydrogens (tertiary/aromatic N) is 2. The van der Waals surface area contributed by atoms with E-state index in [2.05, 4.69) is 44.6 Å². The van der Waals surface area contributed by atoms with E-state index in [0.717, 1.165) is 20.8 Å². The Morgan fingerprint density at radius 3 is 2.05 bits per heavy atom. The molecule has 0 saturated heterocycles. The van der Waals surface area contributed by atoms with Crippen molar-refractivity contribution in [1.29, 1.82) is 5.53 Å². The molecule has 18 heteroatoms. The van der Waals surface area contributed by atoms with Crippen LogP contribution in [0.1, 0.15) is 47.5 Å². The van der Waals surface area contributed by atoms with Crippen molar-refractivity contribution in [2.75, 3.05) is 6.54 Å². The molecule has 0 aliphatic rings. The van der Waals surface area contributed by atoms with E-state index < -0.39 is 83.3 Å². The number of hydroxylamine groups is 1. The summed E-state index contributed by atoms with van der Waals surface area (Å²) in [6, 6.07) is -3.18. The number of Topliss-reactive ketones (excluding diaryl/α,β-unsaturated/α-hetero) is 1. The van der Waals surface area contributed by atoms with Gasteiger partial charge in [-0.25, -0.2) is 15.4 Å². The molecule has 0 radical (unpaired) electrons. The quantitative estimate of drug-likeness (QED) is 0.0147. The minimum absolute atomic E-state index is 0.156. The molecule has 0 aliphatic heterocycles. The number of hydrogen-bond donors (Lipinski definition) is 9. The summed E-state index contributed by atoms with van der Waals surface area (Å²) >= 11 is 0. The topological polar surface area (TPSA) is 278 Å². The highest BCUT2D eigenvalue weighted by molar-refractivity contribution is 6.05. The number of halogens is 1. The van der Waals surface area contributed by atoms with Crippen molar-refractivity contribution in [2.45, 2.75) is 71.2 Å². The number of allylic oxidation sites excluding steroid dienone is 1. The first kappa shape index (κ1) is 37.4. The van der Waals surface area contributed by atoms with Gasteiger partial charge < -0.3 is 32.2 Å². The van der Waals surface area contributed by atoms with Crippen LogP contribution < -0.4 is 32.6 Å². The highest BCUT2D eigenvalue weighted by Crippen LogP contribution is 2.22. The van der Waals surface area contributed by atoms with E-state index in [0.29, 0.717) is 0 Å². The second kappa shape index (κ2) is 16.0. The molecule has 0 fully saturated rings. The highest BCUT2D eigenvalue weighted by atomic mass is 19.1. The van der Waals surface area contributed by atoms with Gasteiger partial charge in [-0.15, -0.1) is 5.11 Å². The Kier molecular flexibility index (Phi) is 14.3. The molecule has 42 heavy (non-hydrogen) atoms. The van der Waals surface area contributed by atoms with E-state index in [4.69, 9.17) is 16.6 Å². The van der Waals surface area contributed by atoms with Gasteiger partial charge in [0.2, 0.25) is 23.6 Å². The monoisotopic (exact) mass is 599 g/mol. The van der Waals surface area contributed by atoms with Crippen molar-refractivity contribution in [2.24, 2.45) is 21.5 Å². The molecule has 234 valence electrons. The number of rotatable bonds is 16. The maximum Gasteiger partial charge on any atom is 0.258 e. The summed E-state index contributed by atoms with van der Waals surface area (Å²) in [5.74, 6) is -1.89. The van der Waals surface area contributed by atoms with E-state index >= 15 is 0 Å². The molecule has 0 rings (SSSR count). The molecule has 0 saturated carbocycles. The van der Waals surface area contributed by atoms with Gasteiger partial charge in [0, 0.05) is 12.8 Å². The van der Waals surface area contributed by atoms with E-state index in [1.807, 2.05) is 0 Å². The molecule has 10 N–H and O–H groups in total. The second-order valence-electron chi connectivity index (χ2n) is 10.0. The predicted molar refractivity (Wildman–Crippen MR) is 145 cm³/mol. The van der Waals surface area contributed by atoms with Gasteiger partial charge in [0.25, 0.3) is 5.91 Å². The minimum atomic E-state index is -1.86. The van der Waals surface area contributed by atoms with Crippen LogP contribution >= 0.6 is 0 Å². The van der Waals surface area contributed by atoms with Crippen LogP contribution in [0.5, 0.6) is 0 Å². The lowest BCUT2D eigenvalue weighted by Gasteiger charge is -2.31. The molecule has 17 nitrogen and oxygen atoms in total. The summed E-state index contributed by atoms with van der Waals surface area (Å²) in [6.07, 6.45) is -2.37. The summed E-state index contributed by atoms with van der Waals surface area (Å²) < 4.78 is 13.5. The van der Waals surface area contributed by atoms with Crippen LogP contribution in [0.15, 0.2) is 34.8 Å². The van der Waals surface area contributed by atoms with Crippen LogP contribution in [0.4, 0.5) is 4.39 Å². The predicted octanol–water partition coefficient (Wildman–Crippen LogP) is -1.43. The molecule has 0 aromatic carbocycles. The van der Waals surface area contributed by atoms with Crippen LogP contribution in [0.25, 0.3) is 0 Å². The third kappa shape index (κ3) is 10.8. The number of hydrogen-bond acceptors (Lipinski definition) is 11. The Morgan fingerprint density at radius 1 is 1.05 bits per heavy atom. The first-order valence-electron chi connectivity index (χ1n) is 12.3.